The smallest absolute Gasteiger partial charge is 0.311 e. The molecule has 0 fully saturated rings. The molecule has 9 heteroatoms. The summed E-state index contributed by atoms with van der Waals surface area (Å²) in [7, 11) is -4.08. The Labute approximate surface area is 167 Å². The van der Waals surface area contributed by atoms with Crippen molar-refractivity contribution < 1.29 is 22.9 Å². The Kier molecular flexibility index (Phi) is 5.18. The molecule has 0 radical (unpaired) electrons. The quantitative estimate of drug-likeness (QED) is 0.268. The van der Waals surface area contributed by atoms with E-state index in [0.717, 1.165) is 10.2 Å². The molecule has 0 spiro atoms. The van der Waals surface area contributed by atoms with Gasteiger partial charge in [-0.3, -0.25) is 14.9 Å². The Bertz CT molecular complexity index is 1190. The summed E-state index contributed by atoms with van der Waals surface area (Å²) in [6, 6.07) is 11.9. The maximum Gasteiger partial charge on any atom is 0.311 e. The monoisotopic (exact) mass is 416 g/mol. The van der Waals surface area contributed by atoms with E-state index in [9.17, 15) is 23.3 Å². The lowest BCUT2D eigenvalue weighted by Crippen LogP contribution is -2.17. The average molecular weight is 416 g/mol. The first-order valence-corrected chi connectivity index (χ1v) is 10.2. The molecule has 8 nitrogen and oxygen atoms in total. The van der Waals surface area contributed by atoms with Gasteiger partial charge in [0.2, 0.25) is 0 Å². The summed E-state index contributed by atoms with van der Waals surface area (Å²) in [4.78, 5) is 23.2. The molecule has 0 saturated heterocycles. The number of nitro groups is 1. The third-order valence-electron chi connectivity index (χ3n) is 4.13. The molecule has 29 heavy (non-hydrogen) atoms. The van der Waals surface area contributed by atoms with Crippen LogP contribution in [-0.2, 0) is 14.8 Å². The van der Waals surface area contributed by atoms with Crippen molar-refractivity contribution >= 4 is 32.6 Å². The molecule has 0 aliphatic rings. The normalized spacial score (nSPS) is 12.1. The lowest BCUT2D eigenvalue weighted by atomic mass is 9.92. The Morgan fingerprint density at radius 1 is 1.10 bits per heavy atom. The van der Waals surface area contributed by atoms with Crippen molar-refractivity contribution in [3.8, 4) is 5.75 Å². The zero-order valence-electron chi connectivity index (χ0n) is 16.2. The highest BCUT2D eigenvalue weighted by molar-refractivity contribution is 7.90. The maximum atomic E-state index is 13.0. The predicted octanol–water partition coefficient (Wildman–Crippen LogP) is 4.13. The minimum Gasteiger partial charge on any atom is -0.426 e. The van der Waals surface area contributed by atoms with Crippen molar-refractivity contribution in [3.63, 3.8) is 0 Å². The number of esters is 1. The van der Waals surface area contributed by atoms with E-state index in [1.54, 1.807) is 18.2 Å². The number of carbonyl (C=O) groups is 1. The molecule has 0 atom stereocenters. The highest BCUT2D eigenvalue weighted by Crippen LogP contribution is 2.38. The van der Waals surface area contributed by atoms with Crippen LogP contribution in [0.3, 0.4) is 0 Å². The van der Waals surface area contributed by atoms with Crippen LogP contribution < -0.4 is 4.74 Å². The molecule has 3 aromatic rings. The average Bonchev–Trinajstić information content (AvgIpc) is 3.02. The second-order valence-corrected chi connectivity index (χ2v) is 9.56. The minimum atomic E-state index is -4.08. The third kappa shape index (κ3) is 4.14. The van der Waals surface area contributed by atoms with Gasteiger partial charge in [0, 0.05) is 0 Å². The van der Waals surface area contributed by atoms with Gasteiger partial charge in [0.15, 0.2) is 0 Å². The van der Waals surface area contributed by atoms with Crippen LogP contribution in [0.15, 0.2) is 59.6 Å². The van der Waals surface area contributed by atoms with Crippen LogP contribution >= 0.6 is 0 Å². The van der Waals surface area contributed by atoms with E-state index in [0.29, 0.717) is 0 Å². The molecule has 3 rings (SSSR count). The highest BCUT2D eigenvalue weighted by atomic mass is 32.2. The molecule has 0 aliphatic heterocycles. The topological polar surface area (TPSA) is 109 Å². The lowest BCUT2D eigenvalue weighted by molar-refractivity contribution is -0.383. The number of carbonyl (C=O) groups excluding carboxylic acids is 1. The van der Waals surface area contributed by atoms with E-state index in [1.165, 1.54) is 30.3 Å². The molecular formula is C20H20N2O6S. The van der Waals surface area contributed by atoms with E-state index < -0.39 is 26.6 Å². The summed E-state index contributed by atoms with van der Waals surface area (Å²) >= 11 is 0. The molecule has 0 N–H and O–H groups in total. The second kappa shape index (κ2) is 7.32. The summed E-state index contributed by atoms with van der Waals surface area (Å²) < 4.78 is 32.3. The molecule has 0 saturated carbocycles. The number of nitrogens with zero attached hydrogens (tertiary/aromatic N) is 2. The van der Waals surface area contributed by atoms with E-state index in [4.69, 9.17) is 4.74 Å². The van der Waals surface area contributed by atoms with E-state index >= 15 is 0 Å². The molecule has 1 aromatic heterocycles. The molecule has 1 heterocycles. The van der Waals surface area contributed by atoms with Gasteiger partial charge >= 0.3 is 5.97 Å². The molecule has 0 aliphatic carbocycles. The van der Waals surface area contributed by atoms with E-state index in [2.05, 4.69) is 0 Å². The SMILES string of the molecule is CC(C)(C)CC(=O)Oc1cccc2c1c([N+](=O)[O-])cn2S(=O)(=O)c1ccccc1. The van der Waals surface area contributed by atoms with Crippen molar-refractivity contribution in [2.45, 2.75) is 32.1 Å². The van der Waals surface area contributed by atoms with Gasteiger partial charge in [-0.05, 0) is 29.7 Å². The van der Waals surface area contributed by atoms with Crippen molar-refractivity contribution in [2.75, 3.05) is 0 Å². The summed E-state index contributed by atoms with van der Waals surface area (Å²) in [5.41, 5.74) is -0.736. The van der Waals surface area contributed by atoms with Gasteiger partial charge in [0.05, 0.1) is 28.0 Å². The Hall–Kier alpha value is -3.20. The number of aromatic nitrogens is 1. The van der Waals surface area contributed by atoms with Crippen molar-refractivity contribution in [1.82, 2.24) is 3.97 Å². The third-order valence-corrected chi connectivity index (χ3v) is 5.82. The molecule has 0 bridgehead atoms. The van der Waals surface area contributed by atoms with Crippen molar-refractivity contribution in [1.29, 1.82) is 0 Å². The van der Waals surface area contributed by atoms with E-state index in [-0.39, 0.29) is 33.4 Å². The van der Waals surface area contributed by atoms with Crippen LogP contribution in [0.1, 0.15) is 27.2 Å². The second-order valence-electron chi connectivity index (χ2n) is 7.75. The van der Waals surface area contributed by atoms with Crippen molar-refractivity contribution in [2.24, 2.45) is 5.41 Å². The summed E-state index contributed by atoms with van der Waals surface area (Å²) in [6.07, 6.45) is 1.04. The van der Waals surface area contributed by atoms with Crippen LogP contribution in [0.5, 0.6) is 5.75 Å². The Balaban J connectivity index is 2.19. The number of hydrogen-bond donors (Lipinski definition) is 0. The number of fused-ring (bicyclic) bond motifs is 1. The summed E-state index contributed by atoms with van der Waals surface area (Å²) in [6.45, 7) is 5.58. The van der Waals surface area contributed by atoms with Crippen LogP contribution in [0.4, 0.5) is 5.69 Å². The number of hydrogen-bond acceptors (Lipinski definition) is 6. The largest absolute Gasteiger partial charge is 0.426 e. The predicted molar refractivity (Wildman–Crippen MR) is 107 cm³/mol. The van der Waals surface area contributed by atoms with Crippen molar-refractivity contribution in [3.05, 3.63) is 64.8 Å². The van der Waals surface area contributed by atoms with Gasteiger partial charge in [-0.2, -0.15) is 0 Å². The van der Waals surface area contributed by atoms with Crippen LogP contribution in [-0.4, -0.2) is 23.3 Å². The fourth-order valence-corrected chi connectivity index (χ4v) is 4.30. The molecule has 152 valence electrons. The Morgan fingerprint density at radius 2 is 1.76 bits per heavy atom. The zero-order chi connectivity index (χ0) is 21.4. The molecule has 0 unspecified atom stereocenters. The van der Waals surface area contributed by atoms with Gasteiger partial charge in [0.1, 0.15) is 11.1 Å². The van der Waals surface area contributed by atoms with Gasteiger partial charge in [-0.15, -0.1) is 0 Å². The zero-order valence-corrected chi connectivity index (χ0v) is 17.0. The lowest BCUT2D eigenvalue weighted by Gasteiger charge is -2.16. The molecular weight excluding hydrogens is 396 g/mol. The number of rotatable bonds is 5. The fourth-order valence-electron chi connectivity index (χ4n) is 2.93. The summed E-state index contributed by atoms with van der Waals surface area (Å²) in [5, 5.41) is 11.6. The Morgan fingerprint density at radius 3 is 2.34 bits per heavy atom. The highest BCUT2D eigenvalue weighted by Gasteiger charge is 2.29. The molecule has 2 aromatic carbocycles. The van der Waals surface area contributed by atoms with Gasteiger partial charge in [0.25, 0.3) is 15.7 Å². The van der Waals surface area contributed by atoms with Gasteiger partial charge < -0.3 is 4.74 Å². The first-order chi connectivity index (χ1) is 13.5. The van der Waals surface area contributed by atoms with Crippen LogP contribution in [0.25, 0.3) is 10.9 Å². The maximum absolute atomic E-state index is 13.0. The first kappa shape index (κ1) is 20.5. The number of ether oxygens (including phenoxy) is 1. The fraction of sp³-hybridized carbons (Fsp3) is 0.250. The summed E-state index contributed by atoms with van der Waals surface area (Å²) in [5.74, 6) is -0.608. The molecule has 0 amide bonds. The van der Waals surface area contributed by atoms with Gasteiger partial charge in [-0.25, -0.2) is 12.4 Å². The van der Waals surface area contributed by atoms with E-state index in [1.807, 2.05) is 20.8 Å². The number of benzene rings is 2. The van der Waals surface area contributed by atoms with Crippen LogP contribution in [0.2, 0.25) is 0 Å². The van der Waals surface area contributed by atoms with Crippen LogP contribution in [0, 0.1) is 15.5 Å². The standard InChI is InChI=1S/C20H20N2O6S/c1-20(2,3)12-18(23)28-17-11-7-10-15-19(17)16(22(24)25)13-21(15)29(26,27)14-8-5-4-6-9-14/h4-11,13H,12H2,1-3H3. The first-order valence-electron chi connectivity index (χ1n) is 8.80. The minimum absolute atomic E-state index is 0.0121. The van der Waals surface area contributed by atoms with Gasteiger partial charge in [-0.1, -0.05) is 45.0 Å².